The molecule has 3 aliphatic rings. The number of fused-ring (bicyclic) bond motifs is 2. The number of aryl methyl sites for hydroxylation is 1. The van der Waals surface area contributed by atoms with Crippen LogP contribution in [0.15, 0.2) is 41.3 Å². The largest absolute Gasteiger partial charge is 0.309 e. The van der Waals surface area contributed by atoms with Crippen LogP contribution in [0.1, 0.15) is 43.7 Å². The van der Waals surface area contributed by atoms with E-state index in [1.807, 2.05) is 36.9 Å². The van der Waals surface area contributed by atoms with Gasteiger partial charge in [-0.2, -0.15) is 4.31 Å². The molecule has 1 N–H and O–H groups in total. The summed E-state index contributed by atoms with van der Waals surface area (Å²) in [4.78, 5) is 32.2. The molecule has 1 saturated heterocycles. The summed E-state index contributed by atoms with van der Waals surface area (Å²) in [5.41, 5.74) is 3.74. The van der Waals surface area contributed by atoms with Crippen molar-refractivity contribution in [3.05, 3.63) is 47.5 Å². The molecule has 10 heteroatoms. The second kappa shape index (κ2) is 9.18. The average molecular weight is 539 g/mol. The predicted octanol–water partition coefficient (Wildman–Crippen LogP) is 4.33. The van der Waals surface area contributed by atoms with Crippen molar-refractivity contribution in [1.29, 1.82) is 0 Å². The molecule has 1 aromatic heterocycles. The second-order valence-corrected chi connectivity index (χ2v) is 13.5. The van der Waals surface area contributed by atoms with Gasteiger partial charge in [-0.05, 0) is 87.4 Å². The molecule has 2 aliphatic heterocycles. The Balaban J connectivity index is 1.11. The third-order valence-corrected chi connectivity index (χ3v) is 10.5. The van der Waals surface area contributed by atoms with Gasteiger partial charge < -0.3 is 10.2 Å². The topological polar surface area (TPSA) is 99.7 Å². The lowest BCUT2D eigenvalue weighted by Crippen LogP contribution is -2.41. The van der Waals surface area contributed by atoms with Crippen LogP contribution in [0.5, 0.6) is 0 Å². The van der Waals surface area contributed by atoms with Gasteiger partial charge in [0.15, 0.2) is 5.13 Å². The highest BCUT2D eigenvalue weighted by Crippen LogP contribution is 2.40. The summed E-state index contributed by atoms with van der Waals surface area (Å²) < 4.78 is 29.4. The monoisotopic (exact) mass is 538 g/mol. The van der Waals surface area contributed by atoms with Gasteiger partial charge in [-0.15, -0.1) is 0 Å². The molecule has 8 nitrogen and oxygen atoms in total. The number of carbonyl (C=O) groups is 2. The average Bonchev–Trinajstić information content (AvgIpc) is 3.57. The van der Waals surface area contributed by atoms with E-state index < -0.39 is 10.0 Å². The summed E-state index contributed by atoms with van der Waals surface area (Å²) in [6.07, 6.45) is 3.46. The van der Waals surface area contributed by atoms with E-state index in [1.54, 1.807) is 18.2 Å². The van der Waals surface area contributed by atoms with Gasteiger partial charge in [-0.1, -0.05) is 17.4 Å². The van der Waals surface area contributed by atoms with Gasteiger partial charge in [0.25, 0.3) is 0 Å². The highest BCUT2D eigenvalue weighted by molar-refractivity contribution is 7.89. The quantitative estimate of drug-likeness (QED) is 0.521. The summed E-state index contributed by atoms with van der Waals surface area (Å²) in [5.74, 6) is -0.0971. The molecule has 2 fully saturated rings. The van der Waals surface area contributed by atoms with E-state index in [-0.39, 0.29) is 34.6 Å². The Morgan fingerprint density at radius 3 is 2.51 bits per heavy atom. The molecule has 2 amide bonds. The van der Waals surface area contributed by atoms with Gasteiger partial charge in [0, 0.05) is 36.7 Å². The molecule has 6 rings (SSSR count). The first-order chi connectivity index (χ1) is 17.7. The summed E-state index contributed by atoms with van der Waals surface area (Å²) in [6.45, 7) is 4.62. The van der Waals surface area contributed by atoms with Gasteiger partial charge in [0.2, 0.25) is 21.8 Å². The van der Waals surface area contributed by atoms with Gasteiger partial charge in [-0.3, -0.25) is 9.59 Å². The summed E-state index contributed by atoms with van der Waals surface area (Å²) in [6, 6.07) is 11.2. The molecule has 37 heavy (non-hydrogen) atoms. The molecule has 0 bridgehead atoms. The molecule has 0 radical (unpaired) electrons. The smallest absolute Gasteiger partial charge is 0.243 e. The van der Waals surface area contributed by atoms with Crippen molar-refractivity contribution < 1.29 is 18.0 Å². The maximum atomic E-state index is 13.4. The predicted molar refractivity (Wildman–Crippen MR) is 144 cm³/mol. The van der Waals surface area contributed by atoms with Gasteiger partial charge >= 0.3 is 0 Å². The van der Waals surface area contributed by atoms with Crippen LogP contribution < -0.4 is 10.2 Å². The number of amides is 2. The Morgan fingerprint density at radius 1 is 1.03 bits per heavy atom. The molecule has 1 aliphatic carbocycles. The second-order valence-electron chi connectivity index (χ2n) is 10.5. The van der Waals surface area contributed by atoms with E-state index in [0.29, 0.717) is 37.5 Å². The van der Waals surface area contributed by atoms with E-state index in [2.05, 4.69) is 10.3 Å². The lowest BCUT2D eigenvalue weighted by atomic mass is 9.97. The minimum absolute atomic E-state index is 0.0368. The molecule has 2 aromatic carbocycles. The number of sulfonamides is 1. The third kappa shape index (κ3) is 4.55. The number of carbonyl (C=O) groups excluding carboxylic acids is 2. The van der Waals surface area contributed by atoms with Crippen LogP contribution in [0, 0.1) is 18.8 Å². The molecule has 0 spiro atoms. The van der Waals surface area contributed by atoms with Crippen molar-refractivity contribution in [2.24, 2.45) is 11.8 Å². The number of benzene rings is 2. The first-order valence-corrected chi connectivity index (χ1v) is 15.1. The number of nitrogens with zero attached hydrogens (tertiary/aromatic N) is 3. The van der Waals surface area contributed by atoms with Crippen LogP contribution in [0.2, 0.25) is 0 Å². The highest BCUT2D eigenvalue weighted by Gasteiger charge is 2.40. The molecular weight excluding hydrogens is 508 g/mol. The Labute approximate surface area is 220 Å². The number of hydrogen-bond donors (Lipinski definition) is 1. The molecule has 194 valence electrons. The number of nitrogens with one attached hydrogen (secondary N) is 1. The third-order valence-electron chi connectivity index (χ3n) is 7.67. The molecular formula is C27H30N4O4S2. The van der Waals surface area contributed by atoms with Crippen LogP contribution >= 0.6 is 11.3 Å². The minimum Gasteiger partial charge on any atom is -0.309 e. The highest BCUT2D eigenvalue weighted by atomic mass is 32.2. The van der Waals surface area contributed by atoms with Crippen LogP contribution in [0.4, 0.5) is 10.8 Å². The SMILES string of the molecule is Cc1ccc2nc(NC(=O)C3CCN(S(=O)(=O)c4ccc5c(c4)C[C@H](C)N5C(=O)C4CC4)CC3)sc2c1. The summed E-state index contributed by atoms with van der Waals surface area (Å²) in [7, 11) is -3.68. The fourth-order valence-corrected chi connectivity index (χ4v) is 7.92. The number of piperidine rings is 1. The van der Waals surface area contributed by atoms with Gasteiger partial charge in [0.05, 0.1) is 15.1 Å². The number of anilines is 2. The standard InChI is InChI=1S/C27H30N4O4S2/c1-16-3-7-22-24(13-16)36-27(28-22)29-25(32)18-9-11-30(12-10-18)37(34,35)21-6-8-23-20(15-21)14-17(2)31(23)26(33)19-4-5-19/h3,6-8,13,15,17-19H,4-5,9-12,14H2,1-2H3,(H,28,29,32)/t17-/m0/s1. The fraction of sp³-hybridized carbons (Fsp3) is 0.444. The molecule has 1 saturated carbocycles. The Kier molecular flexibility index (Phi) is 6.08. The zero-order chi connectivity index (χ0) is 25.9. The fourth-order valence-electron chi connectivity index (χ4n) is 5.43. The maximum Gasteiger partial charge on any atom is 0.243 e. The summed E-state index contributed by atoms with van der Waals surface area (Å²) >= 11 is 1.45. The van der Waals surface area contributed by atoms with Crippen LogP contribution in [0.25, 0.3) is 10.2 Å². The first-order valence-electron chi connectivity index (χ1n) is 12.8. The Morgan fingerprint density at radius 2 is 1.78 bits per heavy atom. The van der Waals surface area contributed by atoms with Crippen LogP contribution in [-0.4, -0.2) is 48.7 Å². The van der Waals surface area contributed by atoms with Crippen LogP contribution in [0.3, 0.4) is 0 Å². The number of rotatable bonds is 5. The van der Waals surface area contributed by atoms with E-state index in [9.17, 15) is 18.0 Å². The van der Waals surface area contributed by atoms with Crippen molar-refractivity contribution >= 4 is 54.2 Å². The Bertz CT molecular complexity index is 1500. The normalized spacial score (nSPS) is 20.8. The minimum atomic E-state index is -3.68. The Hall–Kier alpha value is -2.82. The number of aromatic nitrogens is 1. The maximum absolute atomic E-state index is 13.4. The zero-order valence-electron chi connectivity index (χ0n) is 20.9. The molecule has 1 atom stereocenters. The zero-order valence-corrected chi connectivity index (χ0v) is 22.6. The van der Waals surface area contributed by atoms with Crippen molar-refractivity contribution in [2.75, 3.05) is 23.3 Å². The van der Waals surface area contributed by atoms with E-state index in [0.717, 1.165) is 39.9 Å². The van der Waals surface area contributed by atoms with Gasteiger partial charge in [0.1, 0.15) is 0 Å². The number of hydrogen-bond acceptors (Lipinski definition) is 6. The van der Waals surface area contributed by atoms with Crippen molar-refractivity contribution in [2.45, 2.75) is 56.9 Å². The van der Waals surface area contributed by atoms with Crippen molar-refractivity contribution in [1.82, 2.24) is 9.29 Å². The molecule has 3 heterocycles. The summed E-state index contributed by atoms with van der Waals surface area (Å²) in [5, 5.41) is 3.50. The first kappa shape index (κ1) is 24.5. The number of thiazole rings is 1. The van der Waals surface area contributed by atoms with Gasteiger partial charge in [-0.25, -0.2) is 13.4 Å². The lowest BCUT2D eigenvalue weighted by molar-refractivity contribution is -0.121. The lowest BCUT2D eigenvalue weighted by Gasteiger charge is -2.30. The van der Waals surface area contributed by atoms with Crippen molar-refractivity contribution in [3.63, 3.8) is 0 Å². The molecule has 3 aromatic rings. The molecule has 0 unspecified atom stereocenters. The van der Waals surface area contributed by atoms with E-state index >= 15 is 0 Å². The van der Waals surface area contributed by atoms with Crippen molar-refractivity contribution in [3.8, 4) is 0 Å². The van der Waals surface area contributed by atoms with Crippen LogP contribution in [-0.2, 0) is 26.0 Å². The van der Waals surface area contributed by atoms with E-state index in [4.69, 9.17) is 0 Å². The van der Waals surface area contributed by atoms with E-state index in [1.165, 1.54) is 15.6 Å².